The van der Waals surface area contributed by atoms with E-state index in [2.05, 4.69) is 13.8 Å². The number of aliphatic hydroxyl groups excluding tert-OH is 3. The van der Waals surface area contributed by atoms with Gasteiger partial charge in [-0.2, -0.15) is 0 Å². The van der Waals surface area contributed by atoms with E-state index < -0.39 is 12.1 Å². The van der Waals surface area contributed by atoms with Crippen LogP contribution >= 0.6 is 0 Å². The van der Waals surface area contributed by atoms with Gasteiger partial charge in [0.1, 0.15) is 0 Å². The van der Waals surface area contributed by atoms with E-state index in [4.69, 9.17) is 0 Å². The Hall–Kier alpha value is -0.650. The fourth-order valence-electron chi connectivity index (χ4n) is 8.55. The van der Waals surface area contributed by atoms with E-state index in [1.54, 1.807) is 0 Å². The van der Waals surface area contributed by atoms with Crippen LogP contribution in [0.15, 0.2) is 0 Å². The molecule has 4 aliphatic rings. The number of aliphatic carboxylic acids is 1. The molecule has 4 N–H and O–H groups in total. The van der Waals surface area contributed by atoms with Gasteiger partial charge >= 0.3 is 5.97 Å². The standard InChI is InChI=1S/C23H38O5/c1-12(8-20(27)28)15-4-5-16-21-17(11-19(26)23(15,16)3)22(2)7-6-14(24)9-13(22)10-18(21)25/h12-19,21,24-26H,4-11H2,1-3H3,(H,27,28)/t12-,13+,14-,15-,16+,17+,18+,19+,21+,22-,23+/m0/s1. The van der Waals surface area contributed by atoms with Gasteiger partial charge in [0.25, 0.3) is 0 Å². The van der Waals surface area contributed by atoms with Crippen molar-refractivity contribution in [1.29, 1.82) is 0 Å². The summed E-state index contributed by atoms with van der Waals surface area (Å²) in [5.74, 6) is 0.510. The fraction of sp³-hybridized carbons (Fsp3) is 0.957. The second-order valence-corrected chi connectivity index (χ2v) is 11.1. The zero-order chi connectivity index (χ0) is 20.4. The second-order valence-electron chi connectivity index (χ2n) is 11.1. The average Bonchev–Trinajstić information content (AvgIpc) is 2.95. The highest BCUT2D eigenvalue weighted by Crippen LogP contribution is 2.68. The monoisotopic (exact) mass is 394 g/mol. The van der Waals surface area contributed by atoms with Crippen LogP contribution in [0.2, 0.25) is 0 Å². The first-order chi connectivity index (χ1) is 13.1. The van der Waals surface area contributed by atoms with Crippen molar-refractivity contribution < 1.29 is 25.2 Å². The van der Waals surface area contributed by atoms with Gasteiger partial charge in [-0.05, 0) is 91.3 Å². The van der Waals surface area contributed by atoms with E-state index >= 15 is 0 Å². The maximum atomic E-state index is 11.4. The van der Waals surface area contributed by atoms with E-state index in [0.29, 0.717) is 12.3 Å². The van der Waals surface area contributed by atoms with E-state index in [9.17, 15) is 25.2 Å². The molecule has 0 aromatic carbocycles. The molecule has 0 aliphatic heterocycles. The Labute approximate surface area is 168 Å². The van der Waals surface area contributed by atoms with E-state index in [1.807, 2.05) is 6.92 Å². The summed E-state index contributed by atoms with van der Waals surface area (Å²) >= 11 is 0. The summed E-state index contributed by atoms with van der Waals surface area (Å²) in [7, 11) is 0. The van der Waals surface area contributed by atoms with Crippen LogP contribution in [0.25, 0.3) is 0 Å². The van der Waals surface area contributed by atoms with Gasteiger partial charge < -0.3 is 20.4 Å². The Bertz CT molecular complexity index is 622. The predicted octanol–water partition coefficient (Wildman–Crippen LogP) is 3.06. The van der Waals surface area contributed by atoms with Crippen LogP contribution in [0, 0.1) is 46.3 Å². The zero-order valence-electron chi connectivity index (χ0n) is 17.6. The van der Waals surface area contributed by atoms with Gasteiger partial charge in [0, 0.05) is 6.42 Å². The van der Waals surface area contributed by atoms with Gasteiger partial charge in [-0.3, -0.25) is 4.79 Å². The number of hydrogen-bond acceptors (Lipinski definition) is 4. The van der Waals surface area contributed by atoms with E-state index in [-0.39, 0.29) is 59.0 Å². The molecule has 4 saturated carbocycles. The van der Waals surface area contributed by atoms with Crippen LogP contribution in [-0.4, -0.2) is 44.7 Å². The van der Waals surface area contributed by atoms with Gasteiger partial charge in [0.2, 0.25) is 0 Å². The number of carbonyl (C=O) groups is 1. The molecule has 0 aromatic heterocycles. The van der Waals surface area contributed by atoms with Crippen molar-refractivity contribution in [3.8, 4) is 0 Å². The molecule has 5 nitrogen and oxygen atoms in total. The van der Waals surface area contributed by atoms with Crippen molar-refractivity contribution in [3.63, 3.8) is 0 Å². The van der Waals surface area contributed by atoms with Crippen LogP contribution in [0.5, 0.6) is 0 Å². The highest BCUT2D eigenvalue weighted by molar-refractivity contribution is 5.67. The molecule has 11 atom stereocenters. The Morgan fingerprint density at radius 1 is 1.04 bits per heavy atom. The molecule has 0 aromatic rings. The molecule has 0 heterocycles. The van der Waals surface area contributed by atoms with Crippen molar-refractivity contribution in [2.45, 2.75) is 90.4 Å². The van der Waals surface area contributed by atoms with Crippen molar-refractivity contribution in [3.05, 3.63) is 0 Å². The summed E-state index contributed by atoms with van der Waals surface area (Å²) < 4.78 is 0. The molecule has 0 spiro atoms. The first-order valence-electron chi connectivity index (χ1n) is 11.3. The molecule has 4 rings (SSSR count). The molecule has 0 bridgehead atoms. The van der Waals surface area contributed by atoms with Crippen molar-refractivity contribution >= 4 is 5.97 Å². The maximum absolute atomic E-state index is 11.4. The molecule has 28 heavy (non-hydrogen) atoms. The number of carboxylic acids is 1. The summed E-state index contributed by atoms with van der Waals surface area (Å²) in [6, 6.07) is 0. The minimum absolute atomic E-state index is 0.0348. The Balaban J connectivity index is 1.65. The lowest BCUT2D eigenvalue weighted by Crippen LogP contribution is -2.62. The SMILES string of the molecule is C[C@@H](CC(=O)O)[C@@H]1CC[C@@H]2[C@H]3[C@H](O)C[C@H]4C[C@@H](O)CC[C@]4(C)[C@@H]3C[C@@H](O)[C@@]21C. The Morgan fingerprint density at radius 2 is 1.75 bits per heavy atom. The van der Waals surface area contributed by atoms with Crippen molar-refractivity contribution in [1.82, 2.24) is 0 Å². The summed E-state index contributed by atoms with van der Waals surface area (Å²) in [6.07, 6.45) is 5.02. The molecule has 160 valence electrons. The summed E-state index contributed by atoms with van der Waals surface area (Å²) in [5.41, 5.74) is -0.232. The van der Waals surface area contributed by atoms with Crippen LogP contribution in [0.1, 0.15) is 72.1 Å². The van der Waals surface area contributed by atoms with Gasteiger partial charge in [-0.15, -0.1) is 0 Å². The molecule has 0 unspecified atom stereocenters. The summed E-state index contributed by atoms with van der Waals surface area (Å²) in [4.78, 5) is 11.3. The van der Waals surface area contributed by atoms with Crippen LogP contribution in [-0.2, 0) is 4.79 Å². The first kappa shape index (κ1) is 20.6. The minimum Gasteiger partial charge on any atom is -0.481 e. The summed E-state index contributed by atoms with van der Waals surface area (Å²) in [6.45, 7) is 6.52. The van der Waals surface area contributed by atoms with Gasteiger partial charge in [-0.1, -0.05) is 20.8 Å². The molecule has 5 heteroatoms. The van der Waals surface area contributed by atoms with E-state index in [0.717, 1.165) is 38.5 Å². The van der Waals surface area contributed by atoms with Crippen molar-refractivity contribution in [2.24, 2.45) is 46.3 Å². The second kappa shape index (κ2) is 6.95. The topological polar surface area (TPSA) is 98.0 Å². The number of aliphatic hydroxyl groups is 3. The Morgan fingerprint density at radius 3 is 2.43 bits per heavy atom. The molecule has 0 radical (unpaired) electrons. The van der Waals surface area contributed by atoms with Gasteiger partial charge in [0.15, 0.2) is 0 Å². The lowest BCUT2D eigenvalue weighted by Gasteiger charge is -2.63. The third-order valence-electron chi connectivity index (χ3n) is 10.0. The third-order valence-corrected chi connectivity index (χ3v) is 10.0. The lowest BCUT2D eigenvalue weighted by atomic mass is 9.43. The first-order valence-corrected chi connectivity index (χ1v) is 11.3. The third kappa shape index (κ3) is 2.87. The molecule has 0 amide bonds. The molecule has 4 fully saturated rings. The Kier molecular flexibility index (Phi) is 5.12. The van der Waals surface area contributed by atoms with E-state index in [1.165, 1.54) is 0 Å². The van der Waals surface area contributed by atoms with Gasteiger partial charge in [0.05, 0.1) is 18.3 Å². The highest BCUT2D eigenvalue weighted by Gasteiger charge is 2.65. The number of rotatable bonds is 3. The maximum Gasteiger partial charge on any atom is 0.303 e. The molecular weight excluding hydrogens is 356 g/mol. The lowest BCUT2D eigenvalue weighted by molar-refractivity contribution is -0.207. The smallest absolute Gasteiger partial charge is 0.303 e. The molecule has 4 aliphatic carbocycles. The van der Waals surface area contributed by atoms with Crippen LogP contribution in [0.4, 0.5) is 0 Å². The van der Waals surface area contributed by atoms with Crippen LogP contribution in [0.3, 0.4) is 0 Å². The molecule has 0 saturated heterocycles. The predicted molar refractivity (Wildman–Crippen MR) is 105 cm³/mol. The number of fused-ring (bicyclic) bond motifs is 5. The quantitative estimate of drug-likeness (QED) is 0.590. The number of hydrogen-bond donors (Lipinski definition) is 4. The normalized spacial score (nSPS) is 54.4. The zero-order valence-corrected chi connectivity index (χ0v) is 17.6. The van der Waals surface area contributed by atoms with Gasteiger partial charge in [-0.25, -0.2) is 0 Å². The fourth-order valence-corrected chi connectivity index (χ4v) is 8.55. The molecular formula is C23H38O5. The largest absolute Gasteiger partial charge is 0.481 e. The highest BCUT2D eigenvalue weighted by atomic mass is 16.4. The minimum atomic E-state index is -0.767. The van der Waals surface area contributed by atoms with Crippen molar-refractivity contribution in [2.75, 3.05) is 0 Å². The average molecular weight is 395 g/mol. The van der Waals surface area contributed by atoms with Crippen LogP contribution < -0.4 is 0 Å². The summed E-state index contributed by atoms with van der Waals surface area (Å²) in [5, 5.41) is 42.1. The number of carboxylic acid groups (broad SMARTS) is 1.